The zero-order chi connectivity index (χ0) is 13.9. The van der Waals surface area contributed by atoms with Gasteiger partial charge in [0.25, 0.3) is 0 Å². The quantitative estimate of drug-likeness (QED) is 0.630. The summed E-state index contributed by atoms with van der Waals surface area (Å²) in [6, 6.07) is 2.76. The molecule has 1 aromatic carbocycles. The Hall–Kier alpha value is -1.01. The topological polar surface area (TPSA) is 50.4 Å². The number of benzene rings is 1. The minimum Gasteiger partial charge on any atom is -0.443 e. The van der Waals surface area contributed by atoms with E-state index in [1.807, 2.05) is 0 Å². The fourth-order valence-corrected chi connectivity index (χ4v) is 1.88. The van der Waals surface area contributed by atoms with Crippen molar-refractivity contribution >= 4 is 39.3 Å². The van der Waals surface area contributed by atoms with E-state index in [0.29, 0.717) is 5.02 Å². The second-order valence-corrected chi connectivity index (χ2v) is 5.79. The maximum Gasteiger partial charge on any atom is 0.426 e. The van der Waals surface area contributed by atoms with Gasteiger partial charge in [0.2, 0.25) is 0 Å². The molecular formula is C11H13BrClFN2O2. The molecule has 1 amide bonds. The molecule has 0 heterocycles. The van der Waals surface area contributed by atoms with Gasteiger partial charge in [0.15, 0.2) is 5.82 Å². The summed E-state index contributed by atoms with van der Waals surface area (Å²) in [6.07, 6.45) is -0.710. The van der Waals surface area contributed by atoms with E-state index in [2.05, 4.69) is 26.8 Å². The molecule has 100 valence electrons. The molecule has 18 heavy (non-hydrogen) atoms. The molecule has 0 aromatic heterocycles. The third-order valence-electron chi connectivity index (χ3n) is 1.69. The summed E-state index contributed by atoms with van der Waals surface area (Å²) in [5.41, 5.74) is 4.04. The van der Waals surface area contributed by atoms with Gasteiger partial charge in [-0.15, -0.1) is 0 Å². The average Bonchev–Trinajstić information content (AvgIpc) is 2.18. The Balaban J connectivity index is 2.67. The predicted octanol–water partition coefficient (Wildman–Crippen LogP) is 4.09. The number of ether oxygens (including phenoxy) is 1. The number of hydrogen-bond donors (Lipinski definition) is 2. The highest BCUT2D eigenvalue weighted by molar-refractivity contribution is 9.10. The number of carbonyl (C=O) groups excluding carboxylic acids is 1. The van der Waals surface area contributed by atoms with Crippen LogP contribution in [-0.2, 0) is 4.74 Å². The molecule has 0 atom stereocenters. The van der Waals surface area contributed by atoms with Crippen molar-refractivity contribution in [2.75, 3.05) is 5.43 Å². The molecule has 0 aliphatic heterocycles. The van der Waals surface area contributed by atoms with Gasteiger partial charge in [-0.1, -0.05) is 11.6 Å². The highest BCUT2D eigenvalue weighted by Crippen LogP contribution is 2.27. The van der Waals surface area contributed by atoms with Crippen molar-refractivity contribution in [2.45, 2.75) is 26.4 Å². The number of nitrogens with one attached hydrogen (secondary N) is 2. The van der Waals surface area contributed by atoms with Crippen LogP contribution in [0.4, 0.5) is 14.9 Å². The monoisotopic (exact) mass is 338 g/mol. The minimum absolute atomic E-state index is 0.0419. The van der Waals surface area contributed by atoms with Crippen molar-refractivity contribution in [2.24, 2.45) is 0 Å². The number of hydrazine groups is 1. The zero-order valence-electron chi connectivity index (χ0n) is 10.1. The zero-order valence-corrected chi connectivity index (χ0v) is 12.4. The predicted molar refractivity (Wildman–Crippen MR) is 72.1 cm³/mol. The van der Waals surface area contributed by atoms with Crippen LogP contribution in [-0.4, -0.2) is 11.7 Å². The van der Waals surface area contributed by atoms with Crippen LogP contribution in [0.3, 0.4) is 0 Å². The minimum atomic E-state index is -0.710. The van der Waals surface area contributed by atoms with Crippen LogP contribution in [0.15, 0.2) is 16.6 Å². The van der Waals surface area contributed by atoms with Gasteiger partial charge in [-0.25, -0.2) is 14.6 Å². The highest BCUT2D eigenvalue weighted by Gasteiger charge is 2.16. The summed E-state index contributed by atoms with van der Waals surface area (Å²) in [5.74, 6) is -0.560. The maximum absolute atomic E-state index is 13.6. The number of halogens is 3. The fraction of sp³-hybridized carbons (Fsp3) is 0.364. The lowest BCUT2D eigenvalue weighted by Crippen LogP contribution is -2.36. The number of rotatable bonds is 2. The SMILES string of the molecule is CC(C)(C)OC(=O)NNc1cc(Cl)cc(Br)c1F. The number of carbonyl (C=O) groups is 1. The second kappa shape index (κ2) is 5.75. The first-order chi connectivity index (χ1) is 8.19. The third kappa shape index (κ3) is 4.70. The number of hydrogen-bond acceptors (Lipinski definition) is 3. The summed E-state index contributed by atoms with van der Waals surface area (Å²) in [6.45, 7) is 5.18. The van der Waals surface area contributed by atoms with Gasteiger partial charge in [-0.2, -0.15) is 0 Å². The van der Waals surface area contributed by atoms with E-state index in [-0.39, 0.29) is 10.2 Å². The Morgan fingerprint density at radius 2 is 2.06 bits per heavy atom. The Kier molecular flexibility index (Phi) is 4.81. The van der Waals surface area contributed by atoms with E-state index >= 15 is 0 Å². The molecule has 2 N–H and O–H groups in total. The molecule has 0 spiro atoms. The molecule has 0 fully saturated rings. The Labute approximate surface area is 118 Å². The van der Waals surface area contributed by atoms with Crippen molar-refractivity contribution in [1.82, 2.24) is 5.43 Å². The fourth-order valence-electron chi connectivity index (χ4n) is 1.07. The van der Waals surface area contributed by atoms with Gasteiger partial charge in [-0.05, 0) is 48.8 Å². The summed E-state index contributed by atoms with van der Waals surface area (Å²) in [7, 11) is 0. The molecule has 1 aromatic rings. The first-order valence-corrected chi connectivity index (χ1v) is 6.25. The molecule has 0 aliphatic carbocycles. The van der Waals surface area contributed by atoms with Crippen molar-refractivity contribution in [1.29, 1.82) is 0 Å². The van der Waals surface area contributed by atoms with Gasteiger partial charge in [-0.3, -0.25) is 5.43 Å². The molecule has 4 nitrogen and oxygen atoms in total. The van der Waals surface area contributed by atoms with Crippen LogP contribution in [0.1, 0.15) is 20.8 Å². The summed E-state index contributed by atoms with van der Waals surface area (Å²) >= 11 is 8.77. The normalized spacial score (nSPS) is 11.0. The van der Waals surface area contributed by atoms with Crippen LogP contribution >= 0.6 is 27.5 Å². The van der Waals surface area contributed by atoms with Crippen molar-refractivity contribution in [3.05, 3.63) is 27.4 Å². The van der Waals surface area contributed by atoms with E-state index in [1.54, 1.807) is 20.8 Å². The second-order valence-electron chi connectivity index (χ2n) is 4.50. The third-order valence-corrected chi connectivity index (χ3v) is 2.49. The number of anilines is 1. The van der Waals surface area contributed by atoms with Gasteiger partial charge < -0.3 is 4.74 Å². The summed E-state index contributed by atoms with van der Waals surface area (Å²) < 4.78 is 18.8. The van der Waals surface area contributed by atoms with Crippen molar-refractivity contribution in [3.63, 3.8) is 0 Å². The average molecular weight is 340 g/mol. The van der Waals surface area contributed by atoms with E-state index in [4.69, 9.17) is 16.3 Å². The first-order valence-electron chi connectivity index (χ1n) is 5.08. The van der Waals surface area contributed by atoms with Crippen LogP contribution in [0.2, 0.25) is 5.02 Å². The lowest BCUT2D eigenvalue weighted by atomic mass is 10.2. The van der Waals surface area contributed by atoms with Gasteiger partial charge >= 0.3 is 6.09 Å². The maximum atomic E-state index is 13.6. The lowest BCUT2D eigenvalue weighted by Gasteiger charge is -2.20. The molecule has 0 saturated heterocycles. The molecule has 0 unspecified atom stereocenters. The lowest BCUT2D eigenvalue weighted by molar-refractivity contribution is 0.0541. The molecule has 0 bridgehead atoms. The van der Waals surface area contributed by atoms with Crippen molar-refractivity contribution < 1.29 is 13.9 Å². The largest absolute Gasteiger partial charge is 0.443 e. The Morgan fingerprint density at radius 1 is 1.44 bits per heavy atom. The van der Waals surface area contributed by atoms with E-state index in [0.717, 1.165) is 0 Å². The van der Waals surface area contributed by atoms with Crippen LogP contribution in [0.5, 0.6) is 0 Å². The van der Waals surface area contributed by atoms with Gasteiger partial charge in [0.1, 0.15) is 5.60 Å². The first kappa shape index (κ1) is 15.0. The molecule has 0 aliphatic rings. The molecule has 0 saturated carbocycles. The summed E-state index contributed by atoms with van der Waals surface area (Å²) in [5, 5.41) is 0.330. The van der Waals surface area contributed by atoms with E-state index in [1.165, 1.54) is 12.1 Å². The molecule has 0 radical (unpaired) electrons. The smallest absolute Gasteiger partial charge is 0.426 e. The Bertz CT molecular complexity index is 463. The molecule has 1 rings (SSSR count). The standard InChI is InChI=1S/C11H13BrClFN2O2/c1-11(2,3)18-10(17)16-15-8-5-6(13)4-7(12)9(8)14/h4-5,15H,1-3H3,(H,16,17). The highest BCUT2D eigenvalue weighted by atomic mass is 79.9. The van der Waals surface area contributed by atoms with Crippen molar-refractivity contribution in [3.8, 4) is 0 Å². The van der Waals surface area contributed by atoms with Crippen LogP contribution < -0.4 is 10.9 Å². The van der Waals surface area contributed by atoms with E-state index < -0.39 is 17.5 Å². The molecule has 7 heteroatoms. The van der Waals surface area contributed by atoms with Gasteiger partial charge in [0, 0.05) is 5.02 Å². The summed E-state index contributed by atoms with van der Waals surface area (Å²) in [4.78, 5) is 11.4. The van der Waals surface area contributed by atoms with Crippen LogP contribution in [0, 0.1) is 5.82 Å². The Morgan fingerprint density at radius 3 is 2.61 bits per heavy atom. The van der Waals surface area contributed by atoms with Crippen LogP contribution in [0.25, 0.3) is 0 Å². The molecular weight excluding hydrogens is 326 g/mol. The number of amides is 1. The van der Waals surface area contributed by atoms with Gasteiger partial charge in [0.05, 0.1) is 10.2 Å². The van der Waals surface area contributed by atoms with E-state index in [9.17, 15) is 9.18 Å².